The second-order valence-electron chi connectivity index (χ2n) is 3.04. The van der Waals surface area contributed by atoms with Crippen LogP contribution in [0.15, 0.2) is 0 Å². The molecule has 1 unspecified atom stereocenters. The molecule has 0 radical (unpaired) electrons. The van der Waals surface area contributed by atoms with Gasteiger partial charge in [-0.25, -0.2) is 0 Å². The first-order chi connectivity index (χ1) is 4.48. The quantitative estimate of drug-likeness (QED) is 0.645. The van der Waals surface area contributed by atoms with E-state index in [1.165, 1.54) is 0 Å². The summed E-state index contributed by atoms with van der Waals surface area (Å²) in [7, 11) is 0. The second kappa shape index (κ2) is 4.21. The van der Waals surface area contributed by atoms with Crippen molar-refractivity contribution in [1.82, 2.24) is 0 Å². The van der Waals surface area contributed by atoms with Crippen molar-refractivity contribution in [2.45, 2.75) is 31.9 Å². The first kappa shape index (κ1) is 10.3. The number of aliphatic hydroxyl groups is 1. The molecule has 0 spiro atoms. The Morgan fingerprint density at radius 2 is 2.10 bits per heavy atom. The van der Waals surface area contributed by atoms with Crippen LogP contribution < -0.4 is 5.73 Å². The van der Waals surface area contributed by atoms with Crippen LogP contribution in [0.4, 0.5) is 0 Å². The van der Waals surface area contributed by atoms with Gasteiger partial charge >= 0.3 is 0 Å². The fraction of sp³-hybridized carbons (Fsp3) is 1.00. The van der Waals surface area contributed by atoms with E-state index in [0.29, 0.717) is 0 Å². The zero-order chi connectivity index (χ0) is 8.20. The maximum absolute atomic E-state index is 9.38. The van der Waals surface area contributed by atoms with Crippen molar-refractivity contribution >= 4 is 11.8 Å². The van der Waals surface area contributed by atoms with Crippen molar-refractivity contribution in [2.75, 3.05) is 12.0 Å². The minimum absolute atomic E-state index is 0.0973. The van der Waals surface area contributed by atoms with Gasteiger partial charge in [0, 0.05) is 6.04 Å². The van der Waals surface area contributed by atoms with Crippen molar-refractivity contribution in [1.29, 1.82) is 0 Å². The summed E-state index contributed by atoms with van der Waals surface area (Å²) < 4.78 is 0. The summed E-state index contributed by atoms with van der Waals surface area (Å²) in [5.41, 5.74) is 4.95. The average Bonchev–Trinajstić information content (AvgIpc) is 1.80. The second-order valence-corrected chi connectivity index (χ2v) is 4.03. The first-order valence-corrected chi connectivity index (χ1v) is 4.84. The molecule has 0 aromatic carbocycles. The molecule has 0 aliphatic carbocycles. The lowest BCUT2D eigenvalue weighted by Crippen LogP contribution is -2.43. The molecule has 0 amide bonds. The highest BCUT2D eigenvalue weighted by atomic mass is 32.2. The van der Waals surface area contributed by atoms with E-state index in [0.717, 1.165) is 12.2 Å². The van der Waals surface area contributed by atoms with Gasteiger partial charge < -0.3 is 10.8 Å². The highest BCUT2D eigenvalue weighted by molar-refractivity contribution is 7.98. The van der Waals surface area contributed by atoms with E-state index in [1.54, 1.807) is 25.6 Å². The molecule has 0 aromatic rings. The highest BCUT2D eigenvalue weighted by Gasteiger charge is 2.21. The van der Waals surface area contributed by atoms with Gasteiger partial charge in [0.1, 0.15) is 0 Å². The van der Waals surface area contributed by atoms with Crippen molar-refractivity contribution in [3.05, 3.63) is 0 Å². The third-order valence-electron chi connectivity index (χ3n) is 1.54. The molecule has 0 rings (SSSR count). The van der Waals surface area contributed by atoms with Crippen LogP contribution in [0.25, 0.3) is 0 Å². The molecule has 0 saturated carbocycles. The summed E-state index contributed by atoms with van der Waals surface area (Å²) in [5.74, 6) is 1.02. The number of hydrogen-bond acceptors (Lipinski definition) is 3. The van der Waals surface area contributed by atoms with Gasteiger partial charge in [0.05, 0.1) is 5.60 Å². The number of rotatable bonds is 4. The number of nitrogens with two attached hydrogens (primary N) is 1. The van der Waals surface area contributed by atoms with Crippen LogP contribution >= 0.6 is 11.8 Å². The fourth-order valence-electron chi connectivity index (χ4n) is 0.598. The molecule has 0 heterocycles. The molecule has 2 nitrogen and oxygen atoms in total. The summed E-state index contributed by atoms with van der Waals surface area (Å²) in [6.45, 7) is 3.50. The predicted molar refractivity (Wildman–Crippen MR) is 47.3 cm³/mol. The molecule has 62 valence electrons. The van der Waals surface area contributed by atoms with Crippen molar-refractivity contribution in [3.63, 3.8) is 0 Å². The zero-order valence-electron chi connectivity index (χ0n) is 6.92. The summed E-state index contributed by atoms with van der Waals surface area (Å²) in [5, 5.41) is 9.38. The minimum atomic E-state index is -0.726. The molecule has 1 atom stereocenters. The molecule has 0 aromatic heterocycles. The molecule has 3 N–H and O–H groups in total. The maximum Gasteiger partial charge on any atom is 0.0742 e. The van der Waals surface area contributed by atoms with Crippen LogP contribution in [0.3, 0.4) is 0 Å². The van der Waals surface area contributed by atoms with E-state index in [1.807, 2.05) is 6.26 Å². The van der Waals surface area contributed by atoms with E-state index >= 15 is 0 Å². The van der Waals surface area contributed by atoms with E-state index in [-0.39, 0.29) is 6.04 Å². The molecular weight excluding hydrogens is 146 g/mol. The Hall–Kier alpha value is 0.270. The van der Waals surface area contributed by atoms with E-state index in [9.17, 15) is 5.11 Å². The van der Waals surface area contributed by atoms with Crippen molar-refractivity contribution < 1.29 is 5.11 Å². The average molecular weight is 163 g/mol. The Balaban J connectivity index is 3.52. The molecule has 0 aliphatic rings. The lowest BCUT2D eigenvalue weighted by Gasteiger charge is -2.25. The smallest absolute Gasteiger partial charge is 0.0742 e. The van der Waals surface area contributed by atoms with Crippen LogP contribution in [0.5, 0.6) is 0 Å². The summed E-state index contributed by atoms with van der Waals surface area (Å²) >= 11 is 1.75. The molecular formula is C7H17NOS. The van der Waals surface area contributed by atoms with E-state index in [2.05, 4.69) is 0 Å². The van der Waals surface area contributed by atoms with Gasteiger partial charge in [-0.3, -0.25) is 0 Å². The topological polar surface area (TPSA) is 46.2 Å². The third-order valence-corrected chi connectivity index (χ3v) is 2.18. The van der Waals surface area contributed by atoms with Gasteiger partial charge in [-0.2, -0.15) is 11.8 Å². The summed E-state index contributed by atoms with van der Waals surface area (Å²) in [6, 6.07) is -0.0973. The molecule has 0 bridgehead atoms. The van der Waals surface area contributed by atoms with Gasteiger partial charge in [0.15, 0.2) is 0 Å². The van der Waals surface area contributed by atoms with Gasteiger partial charge in [-0.05, 0) is 32.3 Å². The van der Waals surface area contributed by atoms with Crippen molar-refractivity contribution in [3.8, 4) is 0 Å². The van der Waals surface area contributed by atoms with Crippen LogP contribution in [0, 0.1) is 0 Å². The lowest BCUT2D eigenvalue weighted by molar-refractivity contribution is 0.0512. The largest absolute Gasteiger partial charge is 0.389 e. The number of hydrogen-bond donors (Lipinski definition) is 2. The molecule has 0 aliphatic heterocycles. The Bertz CT molecular complexity index is 90.1. The predicted octanol–water partition coefficient (Wildman–Crippen LogP) is 0.838. The normalized spacial score (nSPS) is 15.3. The summed E-state index contributed by atoms with van der Waals surface area (Å²) in [6.07, 6.45) is 2.92. The van der Waals surface area contributed by atoms with E-state index in [4.69, 9.17) is 5.73 Å². The van der Waals surface area contributed by atoms with Gasteiger partial charge in [0.25, 0.3) is 0 Å². The van der Waals surface area contributed by atoms with Gasteiger partial charge in [0.2, 0.25) is 0 Å². The third kappa shape index (κ3) is 4.14. The molecule has 3 heteroatoms. The summed E-state index contributed by atoms with van der Waals surface area (Å²) in [4.78, 5) is 0. The Morgan fingerprint density at radius 1 is 1.60 bits per heavy atom. The standard InChI is InChI=1S/C7H17NOS/c1-7(2,9)6(8)4-5-10-3/h6,9H,4-5,8H2,1-3H3. The zero-order valence-corrected chi connectivity index (χ0v) is 7.74. The maximum atomic E-state index is 9.38. The Labute approximate surface area is 67.2 Å². The SMILES string of the molecule is CSCCC(N)C(C)(C)O. The van der Waals surface area contributed by atoms with Crippen LogP contribution in [-0.4, -0.2) is 28.8 Å². The minimum Gasteiger partial charge on any atom is -0.389 e. The van der Waals surface area contributed by atoms with Crippen LogP contribution in [-0.2, 0) is 0 Å². The monoisotopic (exact) mass is 163 g/mol. The van der Waals surface area contributed by atoms with Gasteiger partial charge in [-0.15, -0.1) is 0 Å². The number of thioether (sulfide) groups is 1. The first-order valence-electron chi connectivity index (χ1n) is 3.45. The molecule has 0 saturated heterocycles. The molecule has 0 fully saturated rings. The molecule has 10 heavy (non-hydrogen) atoms. The Morgan fingerprint density at radius 3 is 2.40 bits per heavy atom. The lowest BCUT2D eigenvalue weighted by atomic mass is 9.98. The van der Waals surface area contributed by atoms with E-state index < -0.39 is 5.60 Å². The fourth-order valence-corrected chi connectivity index (χ4v) is 1.09. The highest BCUT2D eigenvalue weighted by Crippen LogP contribution is 2.11. The van der Waals surface area contributed by atoms with Gasteiger partial charge in [-0.1, -0.05) is 0 Å². The Kier molecular flexibility index (Phi) is 4.32. The van der Waals surface area contributed by atoms with Crippen LogP contribution in [0.1, 0.15) is 20.3 Å². The van der Waals surface area contributed by atoms with Crippen molar-refractivity contribution in [2.24, 2.45) is 5.73 Å². The van der Waals surface area contributed by atoms with Crippen LogP contribution in [0.2, 0.25) is 0 Å².